The molecule has 0 bridgehead atoms. The van der Waals surface area contributed by atoms with Crippen molar-refractivity contribution >= 4 is 35.0 Å². The van der Waals surface area contributed by atoms with E-state index in [1.807, 2.05) is 75.4 Å². The summed E-state index contributed by atoms with van der Waals surface area (Å²) in [6, 6.07) is 15.7. The maximum atomic E-state index is 12.9. The van der Waals surface area contributed by atoms with Gasteiger partial charge in [-0.1, -0.05) is 36.4 Å². The quantitative estimate of drug-likeness (QED) is 0.672. The van der Waals surface area contributed by atoms with E-state index in [1.54, 1.807) is 0 Å². The molecular weight excluding hydrogens is 418 g/mol. The number of morpholine rings is 1. The van der Waals surface area contributed by atoms with Gasteiger partial charge in [-0.3, -0.25) is 9.89 Å². The molecular formula is C25H27N5O3. The Morgan fingerprint density at radius 3 is 2.24 bits per heavy atom. The molecule has 0 atom stereocenters. The minimum absolute atomic E-state index is 0.00213. The van der Waals surface area contributed by atoms with Crippen molar-refractivity contribution in [2.24, 2.45) is 0 Å². The van der Waals surface area contributed by atoms with Crippen molar-refractivity contribution in [2.75, 3.05) is 52.5 Å². The molecule has 170 valence electrons. The second-order valence-electron chi connectivity index (χ2n) is 8.27. The second kappa shape index (κ2) is 9.46. The van der Waals surface area contributed by atoms with Gasteiger partial charge < -0.3 is 19.4 Å². The Labute approximate surface area is 192 Å². The number of carbonyl (C=O) groups is 2. The zero-order valence-corrected chi connectivity index (χ0v) is 18.4. The Bertz CT molecular complexity index is 1160. The molecule has 0 aliphatic carbocycles. The van der Waals surface area contributed by atoms with Crippen LogP contribution in [0.3, 0.4) is 0 Å². The lowest BCUT2D eigenvalue weighted by Crippen LogP contribution is -2.55. The van der Waals surface area contributed by atoms with E-state index in [0.717, 1.165) is 22.2 Å². The van der Waals surface area contributed by atoms with Crippen molar-refractivity contribution in [2.45, 2.75) is 0 Å². The Morgan fingerprint density at radius 1 is 0.818 bits per heavy atom. The topological polar surface area (TPSA) is 81.8 Å². The van der Waals surface area contributed by atoms with Crippen LogP contribution in [0.1, 0.15) is 21.6 Å². The van der Waals surface area contributed by atoms with Gasteiger partial charge in [0.25, 0.3) is 5.91 Å². The monoisotopic (exact) mass is 445 g/mol. The van der Waals surface area contributed by atoms with E-state index in [2.05, 4.69) is 10.2 Å². The minimum Gasteiger partial charge on any atom is -0.378 e. The molecule has 2 aliphatic heterocycles. The minimum atomic E-state index is 0.00213. The summed E-state index contributed by atoms with van der Waals surface area (Å²) in [5.41, 5.74) is 3.55. The number of para-hydroxylation sites is 1. The van der Waals surface area contributed by atoms with Gasteiger partial charge in [0.15, 0.2) is 0 Å². The molecule has 3 aromatic rings. The van der Waals surface area contributed by atoms with E-state index < -0.39 is 0 Å². The van der Waals surface area contributed by atoms with Gasteiger partial charge in [0.1, 0.15) is 0 Å². The van der Waals surface area contributed by atoms with Crippen molar-refractivity contribution in [3.05, 3.63) is 65.4 Å². The number of aromatic nitrogens is 2. The van der Waals surface area contributed by atoms with Crippen LogP contribution < -0.4 is 0 Å². The number of H-pyrrole nitrogens is 1. The Hall–Kier alpha value is -3.65. The van der Waals surface area contributed by atoms with Gasteiger partial charge in [0.05, 0.1) is 24.4 Å². The summed E-state index contributed by atoms with van der Waals surface area (Å²) in [6.07, 6.45) is 3.97. The number of rotatable bonds is 3. The molecule has 0 spiro atoms. The lowest BCUT2D eigenvalue weighted by Gasteiger charge is -2.38. The maximum absolute atomic E-state index is 12.9. The summed E-state index contributed by atoms with van der Waals surface area (Å²) in [4.78, 5) is 31.1. The Balaban J connectivity index is 1.17. The van der Waals surface area contributed by atoms with E-state index in [-0.39, 0.29) is 11.9 Å². The number of hydrogen-bond donors (Lipinski definition) is 1. The van der Waals surface area contributed by atoms with E-state index in [9.17, 15) is 9.59 Å². The SMILES string of the molecule is O=C(c1ccc(C=Cc2n[nH]c3ccccc23)cc1)N1CCN(C(=O)N2CCOCC2)CC1. The maximum Gasteiger partial charge on any atom is 0.320 e. The highest BCUT2D eigenvalue weighted by molar-refractivity contribution is 5.95. The third-order valence-corrected chi connectivity index (χ3v) is 6.21. The van der Waals surface area contributed by atoms with Crippen LogP contribution in [-0.2, 0) is 4.74 Å². The number of carbonyl (C=O) groups excluding carboxylic acids is 2. The van der Waals surface area contributed by atoms with E-state index in [0.29, 0.717) is 58.0 Å². The third-order valence-electron chi connectivity index (χ3n) is 6.21. The normalized spacial score (nSPS) is 17.2. The molecule has 0 radical (unpaired) electrons. The van der Waals surface area contributed by atoms with Crippen LogP contribution in [0.5, 0.6) is 0 Å². The van der Waals surface area contributed by atoms with Crippen LogP contribution in [0.15, 0.2) is 48.5 Å². The second-order valence-corrected chi connectivity index (χ2v) is 8.27. The number of benzene rings is 2. The highest BCUT2D eigenvalue weighted by atomic mass is 16.5. The molecule has 1 N–H and O–H groups in total. The van der Waals surface area contributed by atoms with E-state index in [4.69, 9.17) is 4.74 Å². The molecule has 2 saturated heterocycles. The first-order chi connectivity index (χ1) is 16.2. The van der Waals surface area contributed by atoms with E-state index in [1.165, 1.54) is 0 Å². The molecule has 5 rings (SSSR count). The summed E-state index contributed by atoms with van der Waals surface area (Å²) in [5.74, 6) is 0.00213. The fourth-order valence-corrected chi connectivity index (χ4v) is 4.26. The number of amides is 3. The molecule has 1 aromatic heterocycles. The van der Waals surface area contributed by atoms with Gasteiger partial charge in [0, 0.05) is 50.2 Å². The van der Waals surface area contributed by atoms with Crippen LogP contribution in [0.25, 0.3) is 23.1 Å². The summed E-state index contributed by atoms with van der Waals surface area (Å²) < 4.78 is 5.32. The van der Waals surface area contributed by atoms with Crippen molar-refractivity contribution in [1.29, 1.82) is 0 Å². The van der Waals surface area contributed by atoms with Gasteiger partial charge in [0.2, 0.25) is 0 Å². The number of hydrogen-bond acceptors (Lipinski definition) is 4. The predicted octanol–water partition coefficient (Wildman–Crippen LogP) is 2.94. The van der Waals surface area contributed by atoms with Crippen molar-refractivity contribution < 1.29 is 14.3 Å². The number of ether oxygens (including phenoxy) is 1. The summed E-state index contributed by atoms with van der Waals surface area (Å²) in [5, 5.41) is 8.46. The standard InChI is InChI=1S/C25H27N5O3/c31-24(28-11-13-29(14-12-28)25(32)30-15-17-33-18-16-30)20-8-5-19(6-9-20)7-10-23-21-3-1-2-4-22(21)26-27-23/h1-10H,11-18H2,(H,26,27). The van der Waals surface area contributed by atoms with Crippen molar-refractivity contribution in [1.82, 2.24) is 24.9 Å². The number of urea groups is 1. The largest absolute Gasteiger partial charge is 0.378 e. The highest BCUT2D eigenvalue weighted by Crippen LogP contribution is 2.18. The molecule has 33 heavy (non-hydrogen) atoms. The molecule has 0 unspecified atom stereocenters. The van der Waals surface area contributed by atoms with Gasteiger partial charge in [-0.25, -0.2) is 4.79 Å². The van der Waals surface area contributed by atoms with E-state index >= 15 is 0 Å². The molecule has 3 heterocycles. The van der Waals surface area contributed by atoms with Crippen LogP contribution in [0.2, 0.25) is 0 Å². The summed E-state index contributed by atoms with van der Waals surface area (Å²) in [7, 11) is 0. The van der Waals surface area contributed by atoms with Crippen LogP contribution >= 0.6 is 0 Å². The number of aromatic amines is 1. The molecule has 0 saturated carbocycles. The lowest BCUT2D eigenvalue weighted by atomic mass is 10.1. The molecule has 3 amide bonds. The van der Waals surface area contributed by atoms with Crippen molar-refractivity contribution in [3.8, 4) is 0 Å². The molecule has 2 fully saturated rings. The van der Waals surface area contributed by atoms with Gasteiger partial charge in [-0.15, -0.1) is 0 Å². The third kappa shape index (κ3) is 4.61. The molecule has 2 aliphatic rings. The summed E-state index contributed by atoms with van der Waals surface area (Å²) in [6.45, 7) is 4.65. The molecule has 8 nitrogen and oxygen atoms in total. The van der Waals surface area contributed by atoms with Crippen molar-refractivity contribution in [3.63, 3.8) is 0 Å². The first-order valence-electron chi connectivity index (χ1n) is 11.3. The zero-order valence-electron chi connectivity index (χ0n) is 18.4. The average Bonchev–Trinajstić information content (AvgIpc) is 3.31. The Kier molecular flexibility index (Phi) is 6.08. The number of piperazine rings is 1. The highest BCUT2D eigenvalue weighted by Gasteiger charge is 2.28. The lowest BCUT2D eigenvalue weighted by molar-refractivity contribution is 0.0362. The summed E-state index contributed by atoms with van der Waals surface area (Å²) >= 11 is 0. The van der Waals surface area contributed by atoms with Gasteiger partial charge in [-0.05, 0) is 29.8 Å². The van der Waals surface area contributed by atoms with Gasteiger partial charge in [-0.2, -0.15) is 5.10 Å². The first kappa shape index (κ1) is 21.2. The fourth-order valence-electron chi connectivity index (χ4n) is 4.26. The van der Waals surface area contributed by atoms with Crippen LogP contribution in [-0.4, -0.2) is 89.3 Å². The smallest absolute Gasteiger partial charge is 0.320 e. The number of fused-ring (bicyclic) bond motifs is 1. The van der Waals surface area contributed by atoms with Crippen LogP contribution in [0, 0.1) is 0 Å². The number of nitrogens with zero attached hydrogens (tertiary/aromatic N) is 4. The van der Waals surface area contributed by atoms with Crippen LogP contribution in [0.4, 0.5) is 4.79 Å². The number of nitrogens with one attached hydrogen (secondary N) is 1. The zero-order chi connectivity index (χ0) is 22.6. The predicted molar refractivity (Wildman–Crippen MR) is 127 cm³/mol. The van der Waals surface area contributed by atoms with Gasteiger partial charge >= 0.3 is 6.03 Å². The molecule has 2 aromatic carbocycles. The fraction of sp³-hybridized carbons (Fsp3) is 0.320. The molecule has 8 heteroatoms. The first-order valence-corrected chi connectivity index (χ1v) is 11.3. The average molecular weight is 446 g/mol. The Morgan fingerprint density at radius 2 is 1.48 bits per heavy atom.